The number of halogens is 3. The maximum Gasteiger partial charge on any atom is 0.391 e. The van der Waals surface area contributed by atoms with Crippen LogP contribution in [0.3, 0.4) is 0 Å². The van der Waals surface area contributed by atoms with Gasteiger partial charge in [-0.2, -0.15) is 13.2 Å². The molecule has 0 aromatic heterocycles. The number of benzene rings is 1. The van der Waals surface area contributed by atoms with Crippen LogP contribution in [0, 0.1) is 5.92 Å². The third kappa shape index (κ3) is 3.48. The molecule has 1 saturated heterocycles. The van der Waals surface area contributed by atoms with Gasteiger partial charge >= 0.3 is 6.18 Å². The van der Waals surface area contributed by atoms with Gasteiger partial charge in [-0.15, -0.1) is 0 Å². The molecule has 0 bridgehead atoms. The molecule has 1 heterocycles. The van der Waals surface area contributed by atoms with Crippen molar-refractivity contribution in [3.8, 4) is 0 Å². The number of piperidine rings is 1. The molecule has 0 amide bonds. The van der Waals surface area contributed by atoms with Gasteiger partial charge in [0.2, 0.25) is 0 Å². The molecule has 1 unspecified atom stereocenters. The van der Waals surface area contributed by atoms with E-state index in [0.29, 0.717) is 19.6 Å². The van der Waals surface area contributed by atoms with Crippen molar-refractivity contribution in [1.29, 1.82) is 0 Å². The van der Waals surface area contributed by atoms with Crippen molar-refractivity contribution in [3.05, 3.63) is 35.9 Å². The molecule has 1 atom stereocenters. The summed E-state index contributed by atoms with van der Waals surface area (Å²) in [5.41, 5.74) is 6.87. The Kier molecular flexibility index (Phi) is 4.47. The lowest BCUT2D eigenvalue weighted by atomic mass is 9.94. The van der Waals surface area contributed by atoms with E-state index in [1.807, 2.05) is 30.3 Å². The van der Waals surface area contributed by atoms with Crippen molar-refractivity contribution in [2.24, 2.45) is 11.7 Å². The van der Waals surface area contributed by atoms with Crippen LogP contribution >= 0.6 is 0 Å². The van der Waals surface area contributed by atoms with E-state index in [1.165, 1.54) is 0 Å². The highest BCUT2D eigenvalue weighted by Gasteiger charge is 2.41. The molecule has 19 heavy (non-hydrogen) atoms. The molecule has 2 N–H and O–H groups in total. The molecule has 1 aliphatic heterocycles. The van der Waals surface area contributed by atoms with Crippen LogP contribution in [0.25, 0.3) is 0 Å². The lowest BCUT2D eigenvalue weighted by molar-refractivity contribution is -0.186. The fourth-order valence-electron chi connectivity index (χ4n) is 2.71. The summed E-state index contributed by atoms with van der Waals surface area (Å²) in [6.07, 6.45) is -3.71. The highest BCUT2D eigenvalue weighted by atomic mass is 19.4. The average molecular weight is 272 g/mol. The highest BCUT2D eigenvalue weighted by molar-refractivity contribution is 5.19. The van der Waals surface area contributed by atoms with E-state index in [9.17, 15) is 13.2 Å². The smallest absolute Gasteiger partial charge is 0.329 e. The molecule has 106 valence electrons. The minimum absolute atomic E-state index is 0.0235. The zero-order chi connectivity index (χ0) is 13.9. The Balaban J connectivity index is 2.00. The lowest BCUT2D eigenvalue weighted by Gasteiger charge is -2.37. The molecular formula is C14H19F3N2. The third-order valence-electron chi connectivity index (χ3n) is 3.84. The van der Waals surface area contributed by atoms with Gasteiger partial charge in [-0.3, -0.25) is 4.90 Å². The van der Waals surface area contributed by atoms with E-state index in [2.05, 4.69) is 4.90 Å². The van der Waals surface area contributed by atoms with Gasteiger partial charge in [0.15, 0.2) is 0 Å². The van der Waals surface area contributed by atoms with Gasteiger partial charge in [-0.1, -0.05) is 30.3 Å². The molecule has 2 nitrogen and oxygen atoms in total. The van der Waals surface area contributed by atoms with E-state index in [0.717, 1.165) is 5.56 Å². The molecule has 5 heteroatoms. The van der Waals surface area contributed by atoms with Gasteiger partial charge in [0.1, 0.15) is 0 Å². The van der Waals surface area contributed by atoms with E-state index >= 15 is 0 Å². The molecule has 0 spiro atoms. The van der Waals surface area contributed by atoms with Crippen LogP contribution in [0.5, 0.6) is 0 Å². The maximum atomic E-state index is 12.6. The Morgan fingerprint density at radius 2 is 1.74 bits per heavy atom. The first kappa shape index (κ1) is 14.3. The second-order valence-electron chi connectivity index (χ2n) is 5.01. The van der Waals surface area contributed by atoms with E-state index < -0.39 is 12.1 Å². The Morgan fingerprint density at radius 3 is 2.21 bits per heavy atom. The number of nitrogens with two attached hydrogens (primary N) is 1. The van der Waals surface area contributed by atoms with Crippen molar-refractivity contribution in [3.63, 3.8) is 0 Å². The first-order valence-electron chi connectivity index (χ1n) is 6.58. The number of hydrogen-bond donors (Lipinski definition) is 1. The van der Waals surface area contributed by atoms with Crippen LogP contribution in [0.4, 0.5) is 13.2 Å². The largest absolute Gasteiger partial charge is 0.391 e. The summed E-state index contributed by atoms with van der Waals surface area (Å²) < 4.78 is 37.9. The fourth-order valence-corrected chi connectivity index (χ4v) is 2.71. The lowest BCUT2D eigenvalue weighted by Crippen LogP contribution is -2.42. The number of alkyl halides is 3. The van der Waals surface area contributed by atoms with Crippen molar-refractivity contribution in [2.45, 2.75) is 25.1 Å². The maximum absolute atomic E-state index is 12.6. The van der Waals surface area contributed by atoms with Gasteiger partial charge < -0.3 is 5.73 Å². The summed E-state index contributed by atoms with van der Waals surface area (Å²) >= 11 is 0. The predicted molar refractivity (Wildman–Crippen MR) is 68.6 cm³/mol. The van der Waals surface area contributed by atoms with Gasteiger partial charge in [-0.25, -0.2) is 0 Å². The predicted octanol–water partition coefficient (Wildman–Crippen LogP) is 2.96. The van der Waals surface area contributed by atoms with Crippen LogP contribution in [-0.4, -0.2) is 30.7 Å². The monoisotopic (exact) mass is 272 g/mol. The van der Waals surface area contributed by atoms with Gasteiger partial charge in [0, 0.05) is 12.6 Å². The summed E-state index contributed by atoms with van der Waals surface area (Å²) in [5.74, 6) is -1.15. The molecule has 0 saturated carbocycles. The number of hydrogen-bond acceptors (Lipinski definition) is 2. The van der Waals surface area contributed by atoms with Crippen molar-refractivity contribution < 1.29 is 13.2 Å². The van der Waals surface area contributed by atoms with Crippen molar-refractivity contribution in [1.82, 2.24) is 4.90 Å². The van der Waals surface area contributed by atoms with Crippen LogP contribution < -0.4 is 5.73 Å². The van der Waals surface area contributed by atoms with E-state index in [-0.39, 0.29) is 18.9 Å². The topological polar surface area (TPSA) is 29.3 Å². The van der Waals surface area contributed by atoms with Gasteiger partial charge in [-0.05, 0) is 31.5 Å². The van der Waals surface area contributed by atoms with Gasteiger partial charge in [0.05, 0.1) is 5.92 Å². The summed E-state index contributed by atoms with van der Waals surface area (Å²) in [6, 6.07) is 9.77. The normalized spacial score (nSPS) is 20.4. The second kappa shape index (κ2) is 5.92. The molecular weight excluding hydrogens is 253 g/mol. The van der Waals surface area contributed by atoms with Crippen molar-refractivity contribution in [2.75, 3.05) is 19.6 Å². The molecule has 2 rings (SSSR count). The van der Waals surface area contributed by atoms with Crippen LogP contribution in [0.2, 0.25) is 0 Å². The van der Waals surface area contributed by atoms with Crippen LogP contribution in [0.1, 0.15) is 24.4 Å². The minimum atomic E-state index is -4.06. The third-order valence-corrected chi connectivity index (χ3v) is 3.84. The number of likely N-dealkylation sites (tertiary alicyclic amines) is 1. The molecule has 0 radical (unpaired) electrons. The number of rotatable bonds is 3. The summed E-state index contributed by atoms with van der Waals surface area (Å²) in [6.45, 7) is 1.35. The van der Waals surface area contributed by atoms with Gasteiger partial charge in [0.25, 0.3) is 0 Å². The standard InChI is InChI=1S/C14H19F3N2/c15-14(16,17)12-6-8-19(9-7-12)13(10-18)11-4-2-1-3-5-11/h1-5,12-13H,6-10,18H2. The second-order valence-corrected chi connectivity index (χ2v) is 5.01. The summed E-state index contributed by atoms with van der Waals surface area (Å²) in [7, 11) is 0. The molecule has 1 aromatic rings. The Bertz CT molecular complexity index is 383. The van der Waals surface area contributed by atoms with Crippen LogP contribution in [0.15, 0.2) is 30.3 Å². The molecule has 1 aromatic carbocycles. The summed E-state index contributed by atoms with van der Waals surface area (Å²) in [4.78, 5) is 2.07. The van der Waals surface area contributed by atoms with Crippen molar-refractivity contribution >= 4 is 0 Å². The zero-order valence-electron chi connectivity index (χ0n) is 10.7. The zero-order valence-corrected chi connectivity index (χ0v) is 10.7. The fraction of sp³-hybridized carbons (Fsp3) is 0.571. The van der Waals surface area contributed by atoms with E-state index in [1.54, 1.807) is 0 Å². The average Bonchev–Trinajstić information content (AvgIpc) is 2.40. The Labute approximate surface area is 111 Å². The highest BCUT2D eigenvalue weighted by Crippen LogP contribution is 2.36. The van der Waals surface area contributed by atoms with Crippen LogP contribution in [-0.2, 0) is 0 Å². The number of nitrogens with zero attached hydrogens (tertiary/aromatic N) is 1. The Hall–Kier alpha value is -1.07. The SMILES string of the molecule is NCC(c1ccccc1)N1CCC(C(F)(F)F)CC1. The molecule has 1 aliphatic rings. The molecule has 0 aliphatic carbocycles. The molecule has 1 fully saturated rings. The first-order valence-corrected chi connectivity index (χ1v) is 6.58. The quantitative estimate of drug-likeness (QED) is 0.916. The summed E-state index contributed by atoms with van der Waals surface area (Å²) in [5, 5.41) is 0. The minimum Gasteiger partial charge on any atom is -0.329 e. The van der Waals surface area contributed by atoms with E-state index in [4.69, 9.17) is 5.73 Å². The Morgan fingerprint density at radius 1 is 1.16 bits per heavy atom. The first-order chi connectivity index (χ1) is 9.02.